The van der Waals surface area contributed by atoms with Crippen molar-refractivity contribution in [2.24, 2.45) is 10.7 Å². The number of hydrogen-bond acceptors (Lipinski definition) is 4. The van der Waals surface area contributed by atoms with Crippen molar-refractivity contribution in [3.05, 3.63) is 23.4 Å². The van der Waals surface area contributed by atoms with Gasteiger partial charge in [0.25, 0.3) is 5.91 Å². The van der Waals surface area contributed by atoms with Crippen LogP contribution in [0.2, 0.25) is 0 Å². The van der Waals surface area contributed by atoms with Gasteiger partial charge in [0.2, 0.25) is 0 Å². The van der Waals surface area contributed by atoms with Crippen LogP contribution >= 0.6 is 11.8 Å². The first-order chi connectivity index (χ1) is 8.21. The number of rotatable bonds is 1. The van der Waals surface area contributed by atoms with Gasteiger partial charge in [0, 0.05) is 12.7 Å². The molecule has 3 rings (SSSR count). The predicted molar refractivity (Wildman–Crippen MR) is 69.3 cm³/mol. The Hall–Kier alpha value is -1.23. The molecule has 0 aromatic heterocycles. The van der Waals surface area contributed by atoms with Crippen LogP contribution < -0.4 is 5.73 Å². The van der Waals surface area contributed by atoms with Gasteiger partial charge in [-0.25, -0.2) is 4.99 Å². The topological polar surface area (TPSA) is 58.7 Å². The Labute approximate surface area is 105 Å². The first-order valence-corrected chi connectivity index (χ1v) is 6.79. The van der Waals surface area contributed by atoms with E-state index < -0.39 is 5.91 Å². The zero-order chi connectivity index (χ0) is 11.9. The smallest absolute Gasteiger partial charge is 0.267 e. The summed E-state index contributed by atoms with van der Waals surface area (Å²) >= 11 is 1.84. The van der Waals surface area contributed by atoms with Gasteiger partial charge < -0.3 is 10.6 Å². The summed E-state index contributed by atoms with van der Waals surface area (Å²) in [6.07, 6.45) is 8.61. The number of aliphatic imine (C=N–C) groups is 1. The minimum atomic E-state index is -0.426. The number of amidine groups is 1. The maximum absolute atomic E-state index is 11.2. The highest BCUT2D eigenvalue weighted by molar-refractivity contribution is 8.04. The van der Waals surface area contributed by atoms with Crippen molar-refractivity contribution in [1.29, 1.82) is 0 Å². The normalized spacial score (nSPS) is 25.5. The minimum Gasteiger partial charge on any atom is -0.364 e. The van der Waals surface area contributed by atoms with Gasteiger partial charge in [0.15, 0.2) is 0 Å². The monoisotopic (exact) mass is 249 g/mol. The fourth-order valence-corrected chi connectivity index (χ4v) is 3.98. The highest BCUT2D eigenvalue weighted by Gasteiger charge is 2.44. The van der Waals surface area contributed by atoms with E-state index in [1.807, 2.05) is 18.0 Å². The van der Waals surface area contributed by atoms with Crippen molar-refractivity contribution < 1.29 is 4.79 Å². The van der Waals surface area contributed by atoms with Crippen LogP contribution in [0.4, 0.5) is 0 Å². The lowest BCUT2D eigenvalue weighted by molar-refractivity contribution is -0.114. The minimum absolute atomic E-state index is 0.0870. The summed E-state index contributed by atoms with van der Waals surface area (Å²) in [5.41, 5.74) is 5.73. The first kappa shape index (κ1) is 10.9. The Morgan fingerprint density at radius 2 is 2.24 bits per heavy atom. The van der Waals surface area contributed by atoms with Crippen LogP contribution in [-0.2, 0) is 4.79 Å². The van der Waals surface area contributed by atoms with E-state index in [-0.39, 0.29) is 4.75 Å². The molecule has 90 valence electrons. The van der Waals surface area contributed by atoms with E-state index in [4.69, 9.17) is 5.73 Å². The molecule has 0 saturated heterocycles. The van der Waals surface area contributed by atoms with Gasteiger partial charge in [-0.2, -0.15) is 0 Å². The standard InChI is InChI=1S/C12H15N3OS/c13-10(16)9-3-6-15-7-8-17-12(11(15)14-9)4-1-2-5-12/h3,7-8H,1-2,4-6H2,(H2,13,16). The number of primary amides is 1. The molecular weight excluding hydrogens is 234 g/mol. The predicted octanol–water partition coefficient (Wildman–Crippen LogP) is 1.60. The number of nitrogens with zero attached hydrogens (tertiary/aromatic N) is 2. The summed E-state index contributed by atoms with van der Waals surface area (Å²) in [4.78, 5) is 17.9. The van der Waals surface area contributed by atoms with Crippen LogP contribution in [0.15, 0.2) is 28.4 Å². The van der Waals surface area contributed by atoms with E-state index in [0.29, 0.717) is 12.2 Å². The third-order valence-corrected chi connectivity index (χ3v) is 4.89. The van der Waals surface area contributed by atoms with E-state index in [1.54, 1.807) is 6.08 Å². The molecule has 17 heavy (non-hydrogen) atoms. The van der Waals surface area contributed by atoms with E-state index in [0.717, 1.165) is 18.7 Å². The molecule has 0 aromatic carbocycles. The van der Waals surface area contributed by atoms with Crippen LogP contribution in [0.3, 0.4) is 0 Å². The molecule has 0 bridgehead atoms. The van der Waals surface area contributed by atoms with Gasteiger partial charge in [-0.15, -0.1) is 11.8 Å². The van der Waals surface area contributed by atoms with Crippen LogP contribution in [0.1, 0.15) is 25.7 Å². The summed E-state index contributed by atoms with van der Waals surface area (Å²) in [6, 6.07) is 0. The fraction of sp³-hybridized carbons (Fsp3) is 0.500. The van der Waals surface area contributed by atoms with Crippen molar-refractivity contribution in [3.8, 4) is 0 Å². The number of fused-ring (bicyclic) bond motifs is 2. The molecule has 2 N–H and O–H groups in total. The Balaban J connectivity index is 2.01. The average molecular weight is 249 g/mol. The van der Waals surface area contributed by atoms with Gasteiger partial charge in [-0.05, 0) is 24.3 Å². The van der Waals surface area contributed by atoms with Gasteiger partial charge in [-0.3, -0.25) is 4.79 Å². The Morgan fingerprint density at radius 1 is 1.47 bits per heavy atom. The van der Waals surface area contributed by atoms with E-state index in [1.165, 1.54) is 12.8 Å². The zero-order valence-electron chi connectivity index (χ0n) is 9.56. The number of nitrogens with two attached hydrogens (primary N) is 1. The maximum Gasteiger partial charge on any atom is 0.267 e. The lowest BCUT2D eigenvalue weighted by Gasteiger charge is -2.39. The van der Waals surface area contributed by atoms with Crippen LogP contribution in [0.5, 0.6) is 0 Å². The molecule has 1 spiro atoms. The first-order valence-electron chi connectivity index (χ1n) is 5.92. The molecule has 1 aliphatic carbocycles. The molecule has 4 nitrogen and oxygen atoms in total. The molecule has 0 aromatic rings. The lowest BCUT2D eigenvalue weighted by Crippen LogP contribution is -2.46. The van der Waals surface area contributed by atoms with Crippen molar-refractivity contribution >= 4 is 23.5 Å². The molecule has 1 saturated carbocycles. The Bertz CT molecular complexity index is 447. The maximum atomic E-state index is 11.2. The number of thioether (sulfide) groups is 1. The highest BCUT2D eigenvalue weighted by atomic mass is 32.2. The Morgan fingerprint density at radius 3 is 2.94 bits per heavy atom. The molecule has 5 heteroatoms. The summed E-state index contributed by atoms with van der Waals surface area (Å²) in [7, 11) is 0. The lowest BCUT2D eigenvalue weighted by atomic mass is 10.0. The summed E-state index contributed by atoms with van der Waals surface area (Å²) in [5.74, 6) is 0.601. The molecule has 2 aliphatic heterocycles. The van der Waals surface area contributed by atoms with Gasteiger partial charge >= 0.3 is 0 Å². The number of carbonyl (C=O) groups is 1. The number of carbonyl (C=O) groups excluding carboxylic acids is 1. The van der Waals surface area contributed by atoms with Crippen LogP contribution in [-0.4, -0.2) is 27.9 Å². The van der Waals surface area contributed by atoms with Crippen LogP contribution in [0.25, 0.3) is 0 Å². The number of hydrogen-bond donors (Lipinski definition) is 1. The summed E-state index contributed by atoms with van der Waals surface area (Å²) in [5, 5.41) is 2.15. The zero-order valence-corrected chi connectivity index (χ0v) is 10.4. The van der Waals surface area contributed by atoms with Gasteiger partial charge in [0.05, 0.1) is 4.75 Å². The SMILES string of the molecule is NC(=O)C1=CCN2C=CSC3(CCCC3)C2=N1. The van der Waals surface area contributed by atoms with Crippen molar-refractivity contribution in [1.82, 2.24) is 4.90 Å². The highest BCUT2D eigenvalue weighted by Crippen LogP contribution is 2.47. The van der Waals surface area contributed by atoms with Gasteiger partial charge in [-0.1, -0.05) is 12.8 Å². The molecular formula is C12H15N3OS. The van der Waals surface area contributed by atoms with E-state index >= 15 is 0 Å². The molecule has 1 amide bonds. The van der Waals surface area contributed by atoms with Crippen LogP contribution in [0, 0.1) is 0 Å². The summed E-state index contributed by atoms with van der Waals surface area (Å²) in [6.45, 7) is 0.704. The van der Waals surface area contributed by atoms with Gasteiger partial charge in [0.1, 0.15) is 11.5 Å². The second-order valence-electron chi connectivity index (χ2n) is 4.65. The largest absolute Gasteiger partial charge is 0.364 e. The fourth-order valence-electron chi connectivity index (χ4n) is 2.72. The molecule has 1 fully saturated rings. The van der Waals surface area contributed by atoms with Crippen molar-refractivity contribution in [2.75, 3.05) is 6.54 Å². The molecule has 0 unspecified atom stereocenters. The van der Waals surface area contributed by atoms with Crippen molar-refractivity contribution in [3.63, 3.8) is 0 Å². The third-order valence-electron chi connectivity index (χ3n) is 3.59. The second kappa shape index (κ2) is 3.91. The van der Waals surface area contributed by atoms with E-state index in [9.17, 15) is 4.79 Å². The average Bonchev–Trinajstić information content (AvgIpc) is 2.78. The Kier molecular flexibility index (Phi) is 2.50. The third kappa shape index (κ3) is 1.69. The quantitative estimate of drug-likeness (QED) is 0.768. The second-order valence-corrected chi connectivity index (χ2v) is 5.94. The summed E-state index contributed by atoms with van der Waals surface area (Å²) < 4.78 is 0.0870. The van der Waals surface area contributed by atoms with Crippen molar-refractivity contribution in [2.45, 2.75) is 30.4 Å². The van der Waals surface area contributed by atoms with E-state index in [2.05, 4.69) is 15.3 Å². The molecule has 3 aliphatic rings. The number of amides is 1. The molecule has 2 heterocycles. The molecule has 0 radical (unpaired) electrons. The molecule has 0 atom stereocenters.